The maximum Gasteiger partial charge on any atom is 0.348 e. The Morgan fingerprint density at radius 2 is 2.13 bits per heavy atom. The van der Waals surface area contributed by atoms with E-state index in [-0.39, 0.29) is 5.69 Å². The third-order valence-electron chi connectivity index (χ3n) is 3.48. The Morgan fingerprint density at radius 1 is 1.30 bits per heavy atom. The summed E-state index contributed by atoms with van der Waals surface area (Å²) in [6, 6.07) is 5.64. The van der Waals surface area contributed by atoms with E-state index in [1.165, 1.54) is 33.9 Å². The first-order chi connectivity index (χ1) is 11.0. The average molecular weight is 354 g/mol. The Morgan fingerprint density at radius 3 is 2.91 bits per heavy atom. The summed E-state index contributed by atoms with van der Waals surface area (Å²) in [4.78, 5) is 25.4. The van der Waals surface area contributed by atoms with Gasteiger partial charge in [-0.05, 0) is 49.1 Å². The number of carbonyl (C=O) groups excluding carboxylic acids is 2. The number of carbonyl (C=O) groups is 2. The van der Waals surface area contributed by atoms with Crippen molar-refractivity contribution < 1.29 is 18.7 Å². The van der Waals surface area contributed by atoms with Gasteiger partial charge >= 0.3 is 5.97 Å². The Labute approximate surface area is 141 Å². The molecule has 0 aliphatic heterocycles. The van der Waals surface area contributed by atoms with Gasteiger partial charge in [0.15, 0.2) is 6.61 Å². The van der Waals surface area contributed by atoms with E-state index in [1.54, 1.807) is 0 Å². The van der Waals surface area contributed by atoms with E-state index in [0.717, 1.165) is 25.3 Å². The molecule has 2 aromatic rings. The monoisotopic (exact) mass is 353 g/mol. The van der Waals surface area contributed by atoms with Crippen molar-refractivity contribution in [2.75, 3.05) is 11.9 Å². The van der Waals surface area contributed by atoms with Crippen LogP contribution in [0.15, 0.2) is 24.3 Å². The number of fused-ring (bicyclic) bond motifs is 1. The molecule has 23 heavy (non-hydrogen) atoms. The zero-order valence-corrected chi connectivity index (χ0v) is 13.6. The van der Waals surface area contributed by atoms with Crippen LogP contribution in [0.2, 0.25) is 5.02 Å². The lowest BCUT2D eigenvalue weighted by molar-refractivity contribution is -0.119. The molecule has 1 aliphatic carbocycles. The van der Waals surface area contributed by atoms with Crippen molar-refractivity contribution in [2.24, 2.45) is 0 Å². The molecule has 3 rings (SSSR count). The smallest absolute Gasteiger partial charge is 0.348 e. The number of thiophene rings is 1. The van der Waals surface area contributed by atoms with Crippen LogP contribution in [-0.2, 0) is 22.4 Å². The average Bonchev–Trinajstić information content (AvgIpc) is 3.10. The van der Waals surface area contributed by atoms with Crippen LogP contribution < -0.4 is 5.32 Å². The van der Waals surface area contributed by atoms with E-state index in [4.69, 9.17) is 16.3 Å². The number of hydrogen-bond donors (Lipinski definition) is 1. The largest absolute Gasteiger partial charge is 0.451 e. The number of benzene rings is 1. The van der Waals surface area contributed by atoms with Gasteiger partial charge in [0, 0.05) is 9.90 Å². The van der Waals surface area contributed by atoms with E-state index < -0.39 is 24.3 Å². The van der Waals surface area contributed by atoms with E-state index >= 15 is 0 Å². The molecule has 0 saturated heterocycles. The van der Waals surface area contributed by atoms with Crippen LogP contribution in [0.3, 0.4) is 0 Å². The summed E-state index contributed by atoms with van der Waals surface area (Å²) in [6.45, 7) is -0.479. The summed E-state index contributed by atoms with van der Waals surface area (Å²) in [5.74, 6) is -1.77. The standard InChI is InChI=1S/C16H13ClFNO3S/c17-10-4-5-11(18)12(7-10)19-15(20)8-22-16(21)14-6-9-2-1-3-13(9)23-14/h4-7H,1-3,8H2,(H,19,20). The SMILES string of the molecule is O=C(COC(=O)c1cc2c(s1)CCC2)Nc1cc(Cl)ccc1F. The second-order valence-electron chi connectivity index (χ2n) is 5.16. The summed E-state index contributed by atoms with van der Waals surface area (Å²) in [5, 5.41) is 2.62. The van der Waals surface area contributed by atoms with Crippen molar-refractivity contribution in [1.29, 1.82) is 0 Å². The molecular weight excluding hydrogens is 341 g/mol. The summed E-state index contributed by atoms with van der Waals surface area (Å²) in [7, 11) is 0. The molecule has 0 spiro atoms. The zero-order chi connectivity index (χ0) is 16.4. The maximum absolute atomic E-state index is 13.5. The van der Waals surface area contributed by atoms with Crippen molar-refractivity contribution >= 4 is 40.5 Å². The van der Waals surface area contributed by atoms with Gasteiger partial charge in [0.25, 0.3) is 5.91 Å². The van der Waals surface area contributed by atoms with Gasteiger partial charge in [0.2, 0.25) is 0 Å². The Balaban J connectivity index is 1.56. The first-order valence-electron chi connectivity index (χ1n) is 7.06. The Hall–Kier alpha value is -1.92. The molecular formula is C16H13ClFNO3S. The highest BCUT2D eigenvalue weighted by Crippen LogP contribution is 2.30. The highest BCUT2D eigenvalue weighted by molar-refractivity contribution is 7.14. The fourth-order valence-corrected chi connectivity index (χ4v) is 3.73. The van der Waals surface area contributed by atoms with E-state index in [9.17, 15) is 14.0 Å². The van der Waals surface area contributed by atoms with Crippen molar-refractivity contribution in [3.05, 3.63) is 50.4 Å². The Bertz CT molecular complexity index is 753. The van der Waals surface area contributed by atoms with Crippen molar-refractivity contribution in [2.45, 2.75) is 19.3 Å². The lowest BCUT2D eigenvalue weighted by Gasteiger charge is -2.07. The number of halogens is 2. The van der Waals surface area contributed by atoms with Gasteiger partial charge in [-0.25, -0.2) is 9.18 Å². The molecule has 1 aliphatic rings. The number of aryl methyl sites for hydroxylation is 2. The summed E-state index contributed by atoms with van der Waals surface area (Å²) >= 11 is 7.15. The summed E-state index contributed by atoms with van der Waals surface area (Å²) < 4.78 is 18.5. The minimum absolute atomic E-state index is 0.0475. The lowest BCUT2D eigenvalue weighted by Crippen LogP contribution is -2.21. The molecule has 0 radical (unpaired) electrons. The highest BCUT2D eigenvalue weighted by Gasteiger charge is 2.20. The van der Waals surface area contributed by atoms with Gasteiger partial charge < -0.3 is 10.1 Å². The molecule has 0 saturated carbocycles. The molecule has 0 atom stereocenters. The van der Waals surface area contributed by atoms with Gasteiger partial charge in [-0.2, -0.15) is 0 Å². The zero-order valence-electron chi connectivity index (χ0n) is 12.0. The number of anilines is 1. The van der Waals surface area contributed by atoms with Crippen molar-refractivity contribution in [1.82, 2.24) is 0 Å². The number of rotatable bonds is 4. The maximum atomic E-state index is 13.5. The predicted octanol–water partition coefficient (Wildman–Crippen LogP) is 3.82. The van der Waals surface area contributed by atoms with E-state index in [2.05, 4.69) is 5.32 Å². The molecule has 1 amide bonds. The molecule has 0 fully saturated rings. The molecule has 1 aromatic carbocycles. The van der Waals surface area contributed by atoms with Gasteiger partial charge in [0.1, 0.15) is 10.7 Å². The minimum Gasteiger partial charge on any atom is -0.451 e. The third-order valence-corrected chi connectivity index (χ3v) is 4.94. The van der Waals surface area contributed by atoms with Gasteiger partial charge in [0.05, 0.1) is 5.69 Å². The number of ether oxygens (including phenoxy) is 1. The van der Waals surface area contributed by atoms with Gasteiger partial charge in [-0.15, -0.1) is 11.3 Å². The highest BCUT2D eigenvalue weighted by atomic mass is 35.5. The van der Waals surface area contributed by atoms with E-state index in [0.29, 0.717) is 9.90 Å². The normalized spacial score (nSPS) is 12.8. The Kier molecular flexibility index (Phi) is 4.63. The van der Waals surface area contributed by atoms with Crippen LogP contribution in [0.1, 0.15) is 26.5 Å². The van der Waals surface area contributed by atoms with Crippen LogP contribution in [0.5, 0.6) is 0 Å². The quantitative estimate of drug-likeness (QED) is 0.850. The molecule has 120 valence electrons. The molecule has 1 N–H and O–H groups in total. The molecule has 1 heterocycles. The predicted molar refractivity (Wildman–Crippen MR) is 86.7 cm³/mol. The second-order valence-corrected chi connectivity index (χ2v) is 6.73. The van der Waals surface area contributed by atoms with Crippen LogP contribution in [0.4, 0.5) is 10.1 Å². The topological polar surface area (TPSA) is 55.4 Å². The van der Waals surface area contributed by atoms with Crippen LogP contribution >= 0.6 is 22.9 Å². The molecule has 0 unspecified atom stereocenters. The van der Waals surface area contributed by atoms with Gasteiger partial charge in [-0.1, -0.05) is 11.6 Å². The van der Waals surface area contributed by atoms with Crippen LogP contribution in [-0.4, -0.2) is 18.5 Å². The van der Waals surface area contributed by atoms with Crippen LogP contribution in [0, 0.1) is 5.82 Å². The molecule has 1 aromatic heterocycles. The molecule has 4 nitrogen and oxygen atoms in total. The lowest BCUT2D eigenvalue weighted by atomic mass is 10.2. The molecule has 7 heteroatoms. The summed E-state index contributed by atoms with van der Waals surface area (Å²) in [6.07, 6.45) is 3.08. The number of hydrogen-bond acceptors (Lipinski definition) is 4. The second kappa shape index (κ2) is 6.68. The van der Waals surface area contributed by atoms with Gasteiger partial charge in [-0.3, -0.25) is 4.79 Å². The first kappa shape index (κ1) is 16.0. The first-order valence-corrected chi connectivity index (χ1v) is 8.26. The van der Waals surface area contributed by atoms with Crippen LogP contribution in [0.25, 0.3) is 0 Å². The minimum atomic E-state index is -0.622. The number of nitrogens with one attached hydrogen (secondary N) is 1. The fraction of sp³-hybridized carbons (Fsp3) is 0.250. The fourth-order valence-electron chi connectivity index (χ4n) is 2.41. The number of amides is 1. The van der Waals surface area contributed by atoms with Crippen molar-refractivity contribution in [3.8, 4) is 0 Å². The summed E-state index contributed by atoms with van der Waals surface area (Å²) in [5.41, 5.74) is 1.14. The van der Waals surface area contributed by atoms with Crippen molar-refractivity contribution in [3.63, 3.8) is 0 Å². The number of esters is 1. The van der Waals surface area contributed by atoms with E-state index in [1.807, 2.05) is 6.07 Å². The third kappa shape index (κ3) is 3.71. The molecule has 0 bridgehead atoms.